The number of rotatable bonds is 4. The maximum atomic E-state index is 11.3. The highest BCUT2D eigenvalue weighted by molar-refractivity contribution is 5.70. The van der Waals surface area contributed by atoms with Gasteiger partial charge in [0.25, 0.3) is 0 Å². The van der Waals surface area contributed by atoms with Crippen LogP contribution in [0.15, 0.2) is 18.2 Å². The standard InChI is InChI=1S/C12H15NO4/c1-2-15-12(14)6-9(13)8-3-4-10-11(5-8)17-7-16-10/h3-5,9H,2,6-7,13H2,1H3/t9-/m1/s1. The molecular formula is C12H15NO4. The van der Waals surface area contributed by atoms with Crippen molar-refractivity contribution < 1.29 is 19.0 Å². The highest BCUT2D eigenvalue weighted by atomic mass is 16.7. The molecule has 1 heterocycles. The van der Waals surface area contributed by atoms with Crippen molar-refractivity contribution in [2.24, 2.45) is 5.73 Å². The van der Waals surface area contributed by atoms with Gasteiger partial charge in [-0.3, -0.25) is 4.79 Å². The van der Waals surface area contributed by atoms with Gasteiger partial charge in [0.15, 0.2) is 11.5 Å². The second kappa shape index (κ2) is 5.05. The Bertz CT molecular complexity index is 419. The number of carbonyl (C=O) groups excluding carboxylic acids is 1. The van der Waals surface area contributed by atoms with Crippen molar-refractivity contribution in [3.05, 3.63) is 23.8 Å². The molecule has 1 aliphatic rings. The van der Waals surface area contributed by atoms with E-state index < -0.39 is 0 Å². The van der Waals surface area contributed by atoms with Gasteiger partial charge in [0.1, 0.15) is 0 Å². The number of hydrogen-bond donors (Lipinski definition) is 1. The average molecular weight is 237 g/mol. The number of ether oxygens (including phenoxy) is 3. The van der Waals surface area contributed by atoms with Crippen molar-refractivity contribution in [1.29, 1.82) is 0 Å². The molecule has 0 saturated carbocycles. The molecule has 0 aliphatic carbocycles. The Balaban J connectivity index is 2.04. The monoisotopic (exact) mass is 237 g/mol. The molecule has 2 rings (SSSR count). The van der Waals surface area contributed by atoms with E-state index in [1.54, 1.807) is 19.1 Å². The summed E-state index contributed by atoms with van der Waals surface area (Å²) in [5.41, 5.74) is 6.76. The Labute approximate surface area is 99.5 Å². The van der Waals surface area contributed by atoms with Gasteiger partial charge in [0.05, 0.1) is 13.0 Å². The highest BCUT2D eigenvalue weighted by Crippen LogP contribution is 2.34. The van der Waals surface area contributed by atoms with E-state index in [1.807, 2.05) is 6.07 Å². The molecule has 0 saturated heterocycles. The summed E-state index contributed by atoms with van der Waals surface area (Å²) in [5, 5.41) is 0. The minimum Gasteiger partial charge on any atom is -0.466 e. The molecule has 5 heteroatoms. The third-order valence-corrected chi connectivity index (χ3v) is 2.52. The van der Waals surface area contributed by atoms with E-state index in [9.17, 15) is 4.79 Å². The fourth-order valence-electron chi connectivity index (χ4n) is 1.66. The Morgan fingerprint density at radius 3 is 3.00 bits per heavy atom. The van der Waals surface area contributed by atoms with Crippen LogP contribution in [0.4, 0.5) is 0 Å². The van der Waals surface area contributed by atoms with Gasteiger partial charge in [-0.1, -0.05) is 6.07 Å². The predicted molar refractivity (Wildman–Crippen MR) is 60.7 cm³/mol. The molecule has 1 aromatic carbocycles. The first-order valence-corrected chi connectivity index (χ1v) is 5.51. The van der Waals surface area contributed by atoms with Gasteiger partial charge in [-0.15, -0.1) is 0 Å². The molecule has 92 valence electrons. The molecule has 0 bridgehead atoms. The lowest BCUT2D eigenvalue weighted by molar-refractivity contribution is -0.143. The van der Waals surface area contributed by atoms with E-state index in [2.05, 4.69) is 0 Å². The number of esters is 1. The summed E-state index contributed by atoms with van der Waals surface area (Å²) >= 11 is 0. The van der Waals surface area contributed by atoms with Crippen LogP contribution < -0.4 is 15.2 Å². The molecule has 1 atom stereocenters. The molecule has 0 amide bonds. The van der Waals surface area contributed by atoms with Crippen LogP contribution in [-0.4, -0.2) is 19.4 Å². The Hall–Kier alpha value is -1.75. The zero-order chi connectivity index (χ0) is 12.3. The van der Waals surface area contributed by atoms with E-state index in [1.165, 1.54) is 0 Å². The quantitative estimate of drug-likeness (QED) is 0.801. The van der Waals surface area contributed by atoms with Gasteiger partial charge in [-0.05, 0) is 24.6 Å². The van der Waals surface area contributed by atoms with Gasteiger partial charge in [-0.2, -0.15) is 0 Å². The third kappa shape index (κ3) is 2.68. The summed E-state index contributed by atoms with van der Waals surface area (Å²) in [6, 6.07) is 5.04. The third-order valence-electron chi connectivity index (χ3n) is 2.52. The molecule has 0 radical (unpaired) electrons. The molecule has 5 nitrogen and oxygen atoms in total. The first-order valence-electron chi connectivity index (χ1n) is 5.51. The normalized spacial score (nSPS) is 14.5. The largest absolute Gasteiger partial charge is 0.466 e. The molecule has 1 aliphatic heterocycles. The second-order valence-corrected chi connectivity index (χ2v) is 3.73. The fraction of sp³-hybridized carbons (Fsp3) is 0.417. The lowest BCUT2D eigenvalue weighted by Crippen LogP contribution is -2.17. The lowest BCUT2D eigenvalue weighted by Gasteiger charge is -2.11. The van der Waals surface area contributed by atoms with Crippen LogP contribution in [0.1, 0.15) is 24.9 Å². The van der Waals surface area contributed by atoms with Crippen molar-refractivity contribution >= 4 is 5.97 Å². The number of fused-ring (bicyclic) bond motifs is 1. The van der Waals surface area contributed by atoms with Crippen molar-refractivity contribution in [2.45, 2.75) is 19.4 Å². The van der Waals surface area contributed by atoms with E-state index in [4.69, 9.17) is 19.9 Å². The van der Waals surface area contributed by atoms with Crippen LogP contribution >= 0.6 is 0 Å². The lowest BCUT2D eigenvalue weighted by atomic mass is 10.0. The Morgan fingerprint density at radius 2 is 2.24 bits per heavy atom. The minimum atomic E-state index is -0.386. The maximum absolute atomic E-state index is 11.3. The number of benzene rings is 1. The van der Waals surface area contributed by atoms with Gasteiger partial charge >= 0.3 is 5.97 Å². The SMILES string of the molecule is CCOC(=O)C[C@@H](N)c1ccc2c(c1)OCO2. The number of hydrogen-bond acceptors (Lipinski definition) is 5. The number of nitrogens with two attached hydrogens (primary N) is 1. The average Bonchev–Trinajstić information content (AvgIpc) is 2.75. The van der Waals surface area contributed by atoms with E-state index in [0.717, 1.165) is 5.56 Å². The van der Waals surface area contributed by atoms with Crippen LogP contribution in [-0.2, 0) is 9.53 Å². The smallest absolute Gasteiger partial charge is 0.307 e. The highest BCUT2D eigenvalue weighted by Gasteiger charge is 2.18. The summed E-state index contributed by atoms with van der Waals surface area (Å²) in [6.07, 6.45) is 0.160. The van der Waals surface area contributed by atoms with Crippen LogP contribution in [0.5, 0.6) is 11.5 Å². The van der Waals surface area contributed by atoms with E-state index >= 15 is 0 Å². The molecule has 1 aromatic rings. The van der Waals surface area contributed by atoms with Crippen LogP contribution in [0, 0.1) is 0 Å². The van der Waals surface area contributed by atoms with Crippen LogP contribution in [0.25, 0.3) is 0 Å². The Morgan fingerprint density at radius 1 is 1.47 bits per heavy atom. The summed E-state index contributed by atoms with van der Waals surface area (Å²) in [7, 11) is 0. The first-order chi connectivity index (χ1) is 8.20. The Kier molecular flexibility index (Phi) is 3.49. The molecule has 0 unspecified atom stereocenters. The molecule has 2 N–H and O–H groups in total. The zero-order valence-corrected chi connectivity index (χ0v) is 9.64. The maximum Gasteiger partial charge on any atom is 0.307 e. The van der Waals surface area contributed by atoms with Crippen molar-refractivity contribution in [3.8, 4) is 11.5 Å². The summed E-state index contributed by atoms with van der Waals surface area (Å²) in [6.45, 7) is 2.36. The second-order valence-electron chi connectivity index (χ2n) is 3.73. The minimum absolute atomic E-state index is 0.160. The van der Waals surface area contributed by atoms with Crippen LogP contribution in [0.2, 0.25) is 0 Å². The van der Waals surface area contributed by atoms with Crippen molar-refractivity contribution in [3.63, 3.8) is 0 Å². The van der Waals surface area contributed by atoms with Gasteiger partial charge in [0, 0.05) is 6.04 Å². The van der Waals surface area contributed by atoms with Gasteiger partial charge in [0.2, 0.25) is 6.79 Å². The molecule has 0 fully saturated rings. The molecule has 17 heavy (non-hydrogen) atoms. The van der Waals surface area contributed by atoms with E-state index in [0.29, 0.717) is 18.1 Å². The predicted octanol–water partition coefficient (Wildman–Crippen LogP) is 1.37. The zero-order valence-electron chi connectivity index (χ0n) is 9.64. The van der Waals surface area contributed by atoms with Crippen molar-refractivity contribution in [2.75, 3.05) is 13.4 Å². The summed E-state index contributed by atoms with van der Waals surface area (Å²) in [4.78, 5) is 11.3. The summed E-state index contributed by atoms with van der Waals surface area (Å²) < 4.78 is 15.3. The van der Waals surface area contributed by atoms with Crippen molar-refractivity contribution in [1.82, 2.24) is 0 Å². The van der Waals surface area contributed by atoms with E-state index in [-0.39, 0.29) is 25.2 Å². The number of carbonyl (C=O) groups is 1. The summed E-state index contributed by atoms with van der Waals surface area (Å²) in [5.74, 6) is 1.08. The molecular weight excluding hydrogens is 222 g/mol. The molecule has 0 aromatic heterocycles. The first kappa shape index (κ1) is 11.7. The topological polar surface area (TPSA) is 70.8 Å². The van der Waals surface area contributed by atoms with Gasteiger partial charge < -0.3 is 19.9 Å². The fourth-order valence-corrected chi connectivity index (χ4v) is 1.66. The molecule has 0 spiro atoms. The van der Waals surface area contributed by atoms with Gasteiger partial charge in [-0.25, -0.2) is 0 Å². The van der Waals surface area contributed by atoms with Crippen LogP contribution in [0.3, 0.4) is 0 Å².